The fourth-order valence-electron chi connectivity index (χ4n) is 1.98. The van der Waals surface area contributed by atoms with Crippen molar-refractivity contribution in [2.24, 2.45) is 0 Å². The average molecular weight is 259 g/mol. The molecule has 0 saturated carbocycles. The van der Waals surface area contributed by atoms with Gasteiger partial charge in [0.25, 0.3) is 0 Å². The van der Waals surface area contributed by atoms with Gasteiger partial charge in [-0.1, -0.05) is 12.1 Å². The first-order valence-corrected chi connectivity index (χ1v) is 6.16. The molecule has 19 heavy (non-hydrogen) atoms. The minimum Gasteiger partial charge on any atom is -0.478 e. The van der Waals surface area contributed by atoms with Crippen molar-refractivity contribution in [2.75, 3.05) is 11.9 Å². The SMILES string of the molecule is CCn1ccnc1N(C)Cc1ccc(C(=O)O)cc1. The fourth-order valence-corrected chi connectivity index (χ4v) is 1.98. The van der Waals surface area contributed by atoms with E-state index >= 15 is 0 Å². The number of carboxylic acid groups (broad SMARTS) is 1. The molecule has 0 aliphatic heterocycles. The maximum atomic E-state index is 10.8. The minimum absolute atomic E-state index is 0.307. The third-order valence-corrected chi connectivity index (χ3v) is 3.00. The standard InChI is InChI=1S/C14H17N3O2/c1-3-17-9-8-15-14(17)16(2)10-11-4-6-12(7-5-11)13(18)19/h4-9H,3,10H2,1-2H3,(H,18,19). The molecule has 1 N–H and O–H groups in total. The van der Waals surface area contributed by atoms with Gasteiger partial charge in [0.1, 0.15) is 0 Å². The molecule has 1 heterocycles. The number of nitrogens with zero attached hydrogens (tertiary/aromatic N) is 3. The van der Waals surface area contributed by atoms with Crippen LogP contribution >= 0.6 is 0 Å². The first-order chi connectivity index (χ1) is 9.11. The van der Waals surface area contributed by atoms with Crippen molar-refractivity contribution in [3.8, 4) is 0 Å². The fraction of sp³-hybridized carbons (Fsp3) is 0.286. The van der Waals surface area contributed by atoms with E-state index in [4.69, 9.17) is 5.11 Å². The summed E-state index contributed by atoms with van der Waals surface area (Å²) in [5, 5.41) is 8.85. The van der Waals surface area contributed by atoms with Crippen molar-refractivity contribution < 1.29 is 9.90 Å². The second-order valence-electron chi connectivity index (χ2n) is 4.37. The quantitative estimate of drug-likeness (QED) is 0.894. The van der Waals surface area contributed by atoms with Crippen LogP contribution in [-0.4, -0.2) is 27.7 Å². The predicted octanol–water partition coefficient (Wildman–Crippen LogP) is 2.24. The van der Waals surface area contributed by atoms with E-state index in [1.54, 1.807) is 18.3 Å². The normalized spacial score (nSPS) is 10.4. The Labute approximate surface area is 112 Å². The number of aryl methyl sites for hydroxylation is 1. The topological polar surface area (TPSA) is 58.4 Å². The zero-order valence-corrected chi connectivity index (χ0v) is 11.1. The molecule has 5 heteroatoms. The molecule has 0 radical (unpaired) electrons. The smallest absolute Gasteiger partial charge is 0.335 e. The van der Waals surface area contributed by atoms with Gasteiger partial charge in [0.15, 0.2) is 0 Å². The van der Waals surface area contributed by atoms with E-state index < -0.39 is 5.97 Å². The summed E-state index contributed by atoms with van der Waals surface area (Å²) in [5.41, 5.74) is 1.36. The second kappa shape index (κ2) is 5.56. The van der Waals surface area contributed by atoms with Gasteiger partial charge >= 0.3 is 5.97 Å². The Morgan fingerprint density at radius 2 is 2.05 bits per heavy atom. The van der Waals surface area contributed by atoms with Crippen LogP contribution in [0.3, 0.4) is 0 Å². The lowest BCUT2D eigenvalue weighted by Crippen LogP contribution is -2.20. The zero-order valence-electron chi connectivity index (χ0n) is 11.1. The van der Waals surface area contributed by atoms with Crippen molar-refractivity contribution in [1.29, 1.82) is 0 Å². The Balaban J connectivity index is 2.10. The molecule has 0 spiro atoms. The highest BCUT2D eigenvalue weighted by molar-refractivity contribution is 5.87. The number of benzene rings is 1. The Morgan fingerprint density at radius 3 is 2.63 bits per heavy atom. The molecular formula is C14H17N3O2. The molecule has 100 valence electrons. The number of imidazole rings is 1. The van der Waals surface area contributed by atoms with Crippen LogP contribution in [0.2, 0.25) is 0 Å². The molecule has 0 aliphatic carbocycles. The molecule has 0 unspecified atom stereocenters. The summed E-state index contributed by atoms with van der Waals surface area (Å²) in [6, 6.07) is 6.91. The van der Waals surface area contributed by atoms with Crippen molar-refractivity contribution in [2.45, 2.75) is 20.0 Å². The monoisotopic (exact) mass is 259 g/mol. The van der Waals surface area contributed by atoms with E-state index in [1.165, 1.54) is 0 Å². The maximum absolute atomic E-state index is 10.8. The average Bonchev–Trinajstić information content (AvgIpc) is 2.87. The van der Waals surface area contributed by atoms with E-state index in [-0.39, 0.29) is 0 Å². The highest BCUT2D eigenvalue weighted by atomic mass is 16.4. The van der Waals surface area contributed by atoms with E-state index in [0.717, 1.165) is 18.1 Å². The van der Waals surface area contributed by atoms with Gasteiger partial charge in [0, 0.05) is 32.5 Å². The van der Waals surface area contributed by atoms with Gasteiger partial charge in [0.05, 0.1) is 5.56 Å². The number of hydrogen-bond acceptors (Lipinski definition) is 3. The van der Waals surface area contributed by atoms with Gasteiger partial charge in [-0.25, -0.2) is 9.78 Å². The van der Waals surface area contributed by atoms with Crippen LogP contribution in [0.15, 0.2) is 36.7 Å². The Morgan fingerprint density at radius 1 is 1.37 bits per heavy atom. The molecule has 1 aromatic carbocycles. The van der Waals surface area contributed by atoms with E-state index in [2.05, 4.69) is 16.5 Å². The van der Waals surface area contributed by atoms with Gasteiger partial charge in [-0.3, -0.25) is 0 Å². The molecule has 1 aromatic heterocycles. The second-order valence-corrected chi connectivity index (χ2v) is 4.37. The summed E-state index contributed by atoms with van der Waals surface area (Å²) in [5.74, 6) is 0.00578. The summed E-state index contributed by atoms with van der Waals surface area (Å²) in [4.78, 5) is 17.1. The predicted molar refractivity (Wildman–Crippen MR) is 73.4 cm³/mol. The molecule has 0 atom stereocenters. The summed E-state index contributed by atoms with van der Waals surface area (Å²) in [6.07, 6.45) is 3.72. The Kier molecular flexibility index (Phi) is 3.85. The first-order valence-electron chi connectivity index (χ1n) is 6.16. The maximum Gasteiger partial charge on any atom is 0.335 e. The Hall–Kier alpha value is -2.30. The zero-order chi connectivity index (χ0) is 13.8. The molecule has 0 saturated heterocycles. The molecule has 0 amide bonds. The molecule has 2 aromatic rings. The van der Waals surface area contributed by atoms with Crippen LogP contribution in [-0.2, 0) is 13.1 Å². The largest absolute Gasteiger partial charge is 0.478 e. The highest BCUT2D eigenvalue weighted by Gasteiger charge is 2.08. The van der Waals surface area contributed by atoms with Gasteiger partial charge in [0.2, 0.25) is 5.95 Å². The van der Waals surface area contributed by atoms with E-state index in [1.807, 2.05) is 30.3 Å². The number of hydrogen-bond donors (Lipinski definition) is 1. The lowest BCUT2D eigenvalue weighted by Gasteiger charge is -2.19. The van der Waals surface area contributed by atoms with E-state index in [0.29, 0.717) is 12.1 Å². The van der Waals surface area contributed by atoms with Crippen LogP contribution in [0.1, 0.15) is 22.8 Å². The van der Waals surface area contributed by atoms with Gasteiger partial charge < -0.3 is 14.6 Å². The molecule has 2 rings (SSSR count). The van der Waals surface area contributed by atoms with Crippen LogP contribution in [0, 0.1) is 0 Å². The lowest BCUT2D eigenvalue weighted by atomic mass is 10.1. The summed E-state index contributed by atoms with van der Waals surface area (Å²) in [7, 11) is 1.97. The van der Waals surface area contributed by atoms with Crippen LogP contribution in [0.5, 0.6) is 0 Å². The third kappa shape index (κ3) is 2.93. The number of aromatic carboxylic acids is 1. The number of carboxylic acids is 1. The number of carbonyl (C=O) groups is 1. The molecule has 0 fully saturated rings. The third-order valence-electron chi connectivity index (χ3n) is 3.00. The first kappa shape index (κ1) is 13.1. The number of aromatic nitrogens is 2. The summed E-state index contributed by atoms with van der Waals surface area (Å²) in [6.45, 7) is 3.63. The van der Waals surface area contributed by atoms with Crippen LogP contribution in [0.25, 0.3) is 0 Å². The minimum atomic E-state index is -0.901. The Bertz CT molecular complexity index is 560. The number of rotatable bonds is 5. The van der Waals surface area contributed by atoms with Crippen molar-refractivity contribution in [3.05, 3.63) is 47.8 Å². The molecular weight excluding hydrogens is 242 g/mol. The summed E-state index contributed by atoms with van der Waals surface area (Å²) < 4.78 is 2.06. The summed E-state index contributed by atoms with van der Waals surface area (Å²) >= 11 is 0. The van der Waals surface area contributed by atoms with Gasteiger partial charge in [-0.2, -0.15) is 0 Å². The van der Waals surface area contributed by atoms with Gasteiger partial charge in [-0.15, -0.1) is 0 Å². The lowest BCUT2D eigenvalue weighted by molar-refractivity contribution is 0.0697. The van der Waals surface area contributed by atoms with Gasteiger partial charge in [-0.05, 0) is 24.6 Å². The highest BCUT2D eigenvalue weighted by Crippen LogP contribution is 2.14. The molecule has 0 bridgehead atoms. The van der Waals surface area contributed by atoms with Crippen molar-refractivity contribution in [1.82, 2.24) is 9.55 Å². The van der Waals surface area contributed by atoms with Crippen LogP contribution < -0.4 is 4.90 Å². The van der Waals surface area contributed by atoms with E-state index in [9.17, 15) is 4.79 Å². The van der Waals surface area contributed by atoms with Crippen LogP contribution in [0.4, 0.5) is 5.95 Å². The number of anilines is 1. The molecule has 5 nitrogen and oxygen atoms in total. The molecule has 0 aliphatic rings. The van der Waals surface area contributed by atoms with Crippen molar-refractivity contribution >= 4 is 11.9 Å². The van der Waals surface area contributed by atoms with Crippen molar-refractivity contribution in [3.63, 3.8) is 0 Å².